The van der Waals surface area contributed by atoms with E-state index in [1.165, 1.54) is 0 Å². The van der Waals surface area contributed by atoms with Gasteiger partial charge in [0.1, 0.15) is 5.69 Å². The first kappa shape index (κ1) is 19.3. The van der Waals surface area contributed by atoms with Crippen LogP contribution in [0.3, 0.4) is 0 Å². The number of aryl methyl sites for hydroxylation is 1. The van der Waals surface area contributed by atoms with Crippen LogP contribution in [0.25, 0.3) is 22.2 Å². The van der Waals surface area contributed by atoms with Gasteiger partial charge in [0.15, 0.2) is 0 Å². The minimum absolute atomic E-state index is 0.141. The molecule has 0 spiro atoms. The van der Waals surface area contributed by atoms with E-state index in [0.29, 0.717) is 16.9 Å². The number of anilines is 1. The fourth-order valence-electron chi connectivity index (χ4n) is 3.35. The lowest BCUT2D eigenvalue weighted by molar-refractivity contribution is -0.115. The summed E-state index contributed by atoms with van der Waals surface area (Å²) in [5.74, 6) is -0.634. The number of aromatic amines is 1. The lowest BCUT2D eigenvalue weighted by Crippen LogP contribution is -2.12. The van der Waals surface area contributed by atoms with Crippen LogP contribution in [0.2, 0.25) is 0 Å². The third kappa shape index (κ3) is 4.05. The summed E-state index contributed by atoms with van der Waals surface area (Å²) in [4.78, 5) is 28.3. The Labute approximate surface area is 173 Å². The lowest BCUT2D eigenvalue weighted by atomic mass is 10.0. The van der Waals surface area contributed by atoms with Gasteiger partial charge in [0, 0.05) is 34.1 Å². The van der Waals surface area contributed by atoms with Crippen molar-refractivity contribution in [2.45, 2.75) is 19.8 Å². The first-order valence-corrected chi connectivity index (χ1v) is 9.58. The Hall–Kier alpha value is -4.00. The second kappa shape index (κ2) is 8.16. The number of fused-ring (bicyclic) bond motifs is 1. The van der Waals surface area contributed by atoms with Gasteiger partial charge in [0.05, 0.1) is 11.9 Å². The van der Waals surface area contributed by atoms with Crippen molar-refractivity contribution in [1.82, 2.24) is 10.2 Å². The van der Waals surface area contributed by atoms with E-state index in [-0.39, 0.29) is 12.3 Å². The molecule has 0 fully saturated rings. The number of aliphatic imine (C=N–C) groups is 1. The number of nitrogens with two attached hydrogens (primary N) is 1. The largest absolute Gasteiger partial charge is 0.366 e. The minimum atomic E-state index is -0.493. The summed E-state index contributed by atoms with van der Waals surface area (Å²) in [6, 6.07) is 10.8. The molecule has 0 bridgehead atoms. The van der Waals surface area contributed by atoms with Crippen LogP contribution < -0.4 is 11.1 Å². The van der Waals surface area contributed by atoms with Crippen LogP contribution in [0.5, 0.6) is 0 Å². The van der Waals surface area contributed by atoms with Crippen LogP contribution in [0.15, 0.2) is 65.3 Å². The van der Waals surface area contributed by atoms with E-state index in [4.69, 9.17) is 5.73 Å². The number of H-pyrrole nitrogens is 1. The highest BCUT2D eigenvalue weighted by molar-refractivity contribution is 6.01. The first-order valence-electron chi connectivity index (χ1n) is 9.58. The number of carbonyl (C=O) groups excluding carboxylic acids is 2. The Kier molecular flexibility index (Phi) is 5.26. The van der Waals surface area contributed by atoms with Gasteiger partial charge in [-0.05, 0) is 55.3 Å². The molecule has 1 aliphatic heterocycles. The van der Waals surface area contributed by atoms with Crippen LogP contribution in [0.4, 0.5) is 5.69 Å². The molecule has 1 aromatic heterocycles. The lowest BCUT2D eigenvalue weighted by Gasteiger charge is -2.10. The quantitative estimate of drug-likeness (QED) is 0.605. The van der Waals surface area contributed by atoms with Crippen molar-refractivity contribution < 1.29 is 9.59 Å². The van der Waals surface area contributed by atoms with Crippen molar-refractivity contribution in [3.8, 4) is 11.3 Å². The summed E-state index contributed by atoms with van der Waals surface area (Å²) in [6.07, 6.45) is 8.45. The van der Waals surface area contributed by atoms with Crippen molar-refractivity contribution in [2.75, 3.05) is 5.32 Å². The van der Waals surface area contributed by atoms with Crippen LogP contribution in [0.1, 0.15) is 28.8 Å². The van der Waals surface area contributed by atoms with Crippen molar-refractivity contribution in [3.05, 3.63) is 71.5 Å². The van der Waals surface area contributed by atoms with E-state index in [0.717, 1.165) is 34.1 Å². The zero-order valence-electron chi connectivity index (χ0n) is 16.5. The van der Waals surface area contributed by atoms with E-state index >= 15 is 0 Å². The third-order valence-electron chi connectivity index (χ3n) is 4.92. The highest BCUT2D eigenvalue weighted by Crippen LogP contribution is 2.31. The molecule has 0 saturated heterocycles. The molecule has 4 rings (SSSR count). The Bertz CT molecular complexity index is 1230. The van der Waals surface area contributed by atoms with Gasteiger partial charge in [-0.25, -0.2) is 0 Å². The number of nitrogens with zero attached hydrogens (tertiary/aromatic N) is 2. The molecule has 1 aliphatic rings. The molecule has 4 N–H and O–H groups in total. The Morgan fingerprint density at radius 1 is 1.20 bits per heavy atom. The van der Waals surface area contributed by atoms with Gasteiger partial charge >= 0.3 is 0 Å². The number of allylic oxidation sites excluding steroid dienone is 3. The summed E-state index contributed by atoms with van der Waals surface area (Å²) >= 11 is 0. The molecule has 3 aromatic rings. The number of primary amides is 1. The monoisotopic (exact) mass is 399 g/mol. The number of hydrogen-bond acceptors (Lipinski definition) is 4. The van der Waals surface area contributed by atoms with Gasteiger partial charge in [-0.15, -0.1) is 0 Å². The van der Waals surface area contributed by atoms with Gasteiger partial charge in [0.25, 0.3) is 0 Å². The zero-order valence-corrected chi connectivity index (χ0v) is 16.5. The van der Waals surface area contributed by atoms with Gasteiger partial charge in [-0.1, -0.05) is 18.2 Å². The highest BCUT2D eigenvalue weighted by atomic mass is 16.2. The molecular weight excluding hydrogens is 378 g/mol. The average Bonchev–Trinajstić information content (AvgIpc) is 2.97. The second-order valence-corrected chi connectivity index (χ2v) is 7.09. The molecule has 0 atom stereocenters. The van der Waals surface area contributed by atoms with E-state index in [1.54, 1.807) is 24.4 Å². The Morgan fingerprint density at radius 3 is 2.90 bits per heavy atom. The first-order chi connectivity index (χ1) is 14.5. The summed E-state index contributed by atoms with van der Waals surface area (Å²) in [5, 5.41) is 11.1. The fourth-order valence-corrected chi connectivity index (χ4v) is 3.35. The van der Waals surface area contributed by atoms with Crippen LogP contribution in [-0.2, 0) is 4.79 Å². The van der Waals surface area contributed by atoms with Crippen LogP contribution >= 0.6 is 0 Å². The van der Waals surface area contributed by atoms with Gasteiger partial charge in [-0.2, -0.15) is 5.10 Å². The van der Waals surface area contributed by atoms with Crippen LogP contribution in [-0.4, -0.2) is 28.2 Å². The number of rotatable bonds is 5. The van der Waals surface area contributed by atoms with Crippen LogP contribution in [0, 0.1) is 6.92 Å². The number of hydrogen-bond donors (Lipinski definition) is 3. The molecule has 0 unspecified atom stereocenters. The molecule has 0 radical (unpaired) electrons. The number of amides is 2. The molecule has 2 amide bonds. The number of aromatic nitrogens is 2. The summed E-state index contributed by atoms with van der Waals surface area (Å²) < 4.78 is 0. The SMILES string of the molecule is Cc1ccc(NC(=O)CC2=CCC=CC=N2)cc1-c1n[nH]c2ccc(C(N)=O)cc12. The molecule has 7 nitrogen and oxygen atoms in total. The zero-order chi connectivity index (χ0) is 21.1. The summed E-state index contributed by atoms with van der Waals surface area (Å²) in [5.41, 5.74) is 10.6. The normalized spacial score (nSPS) is 13.2. The molecular formula is C23H21N5O2. The predicted octanol–water partition coefficient (Wildman–Crippen LogP) is 3.88. The van der Waals surface area contributed by atoms with E-state index in [1.807, 2.05) is 43.4 Å². The van der Waals surface area contributed by atoms with E-state index in [9.17, 15) is 9.59 Å². The smallest absolute Gasteiger partial charge is 0.248 e. The van der Waals surface area contributed by atoms with Gasteiger partial charge in [-0.3, -0.25) is 19.7 Å². The minimum Gasteiger partial charge on any atom is -0.366 e. The van der Waals surface area contributed by atoms with E-state index < -0.39 is 5.91 Å². The maximum absolute atomic E-state index is 12.5. The second-order valence-electron chi connectivity index (χ2n) is 7.09. The summed E-state index contributed by atoms with van der Waals surface area (Å²) in [6.45, 7) is 1.97. The number of carbonyl (C=O) groups is 2. The molecule has 0 aliphatic carbocycles. The standard InChI is InChI=1S/C23H21N5O2/c1-14-6-8-17(26-21(29)13-16-5-3-2-4-10-25-16)12-18(14)22-19-11-15(23(24)30)7-9-20(19)27-28-22/h2,4-12H,3,13H2,1H3,(H2,24,30)(H,26,29)(H,27,28). The predicted molar refractivity (Wildman–Crippen MR) is 118 cm³/mol. The highest BCUT2D eigenvalue weighted by Gasteiger charge is 2.14. The Balaban J connectivity index is 1.62. The fraction of sp³-hybridized carbons (Fsp3) is 0.130. The molecule has 0 saturated carbocycles. The molecule has 2 heterocycles. The molecule has 2 aromatic carbocycles. The molecule has 7 heteroatoms. The van der Waals surface area contributed by atoms with Crippen molar-refractivity contribution in [3.63, 3.8) is 0 Å². The molecule has 150 valence electrons. The number of benzene rings is 2. The van der Waals surface area contributed by atoms with Crippen molar-refractivity contribution >= 4 is 34.6 Å². The maximum atomic E-state index is 12.5. The van der Waals surface area contributed by atoms with Gasteiger partial charge in [0.2, 0.25) is 11.8 Å². The third-order valence-corrected chi connectivity index (χ3v) is 4.92. The summed E-state index contributed by atoms with van der Waals surface area (Å²) in [7, 11) is 0. The average molecular weight is 399 g/mol. The Morgan fingerprint density at radius 2 is 2.07 bits per heavy atom. The van der Waals surface area contributed by atoms with E-state index in [2.05, 4.69) is 20.5 Å². The topological polar surface area (TPSA) is 113 Å². The maximum Gasteiger partial charge on any atom is 0.248 e. The van der Waals surface area contributed by atoms with Crippen molar-refractivity contribution in [1.29, 1.82) is 0 Å². The van der Waals surface area contributed by atoms with Gasteiger partial charge < -0.3 is 11.1 Å². The number of nitrogens with one attached hydrogen (secondary N) is 2. The van der Waals surface area contributed by atoms with Crippen molar-refractivity contribution in [2.24, 2.45) is 10.7 Å². The molecule has 30 heavy (non-hydrogen) atoms.